The van der Waals surface area contributed by atoms with E-state index >= 15 is 0 Å². The van der Waals surface area contributed by atoms with Crippen LogP contribution < -0.4 is 5.69 Å². The highest BCUT2D eigenvalue weighted by molar-refractivity contribution is 9.10. The zero-order valence-corrected chi connectivity index (χ0v) is 9.86. The molecular formula is C11H11BrN2O. The number of imidazole rings is 1. The molecule has 1 aromatic heterocycles. The third-order valence-electron chi connectivity index (χ3n) is 2.45. The maximum atomic E-state index is 11.4. The molecule has 78 valence electrons. The lowest BCUT2D eigenvalue weighted by Crippen LogP contribution is -2.20. The summed E-state index contributed by atoms with van der Waals surface area (Å²) < 4.78 is 2.69. The monoisotopic (exact) mass is 266 g/mol. The summed E-state index contributed by atoms with van der Waals surface area (Å²) in [6.07, 6.45) is 3.40. The fourth-order valence-corrected chi connectivity index (χ4v) is 2.22. The highest BCUT2D eigenvalue weighted by atomic mass is 79.9. The van der Waals surface area contributed by atoms with E-state index in [2.05, 4.69) is 20.9 Å². The van der Waals surface area contributed by atoms with Crippen molar-refractivity contribution in [3.05, 3.63) is 57.2 Å². The fourth-order valence-electron chi connectivity index (χ4n) is 1.60. The molecule has 2 rings (SSSR count). The Morgan fingerprint density at radius 2 is 2.13 bits per heavy atom. The molecule has 1 atom stereocenters. The van der Waals surface area contributed by atoms with Gasteiger partial charge in [0.25, 0.3) is 0 Å². The number of rotatable bonds is 2. The van der Waals surface area contributed by atoms with E-state index < -0.39 is 0 Å². The van der Waals surface area contributed by atoms with Crippen molar-refractivity contribution in [1.82, 2.24) is 9.55 Å². The molecule has 4 heteroatoms. The number of benzene rings is 1. The van der Waals surface area contributed by atoms with Crippen LogP contribution in [0.4, 0.5) is 0 Å². The third kappa shape index (κ3) is 1.90. The van der Waals surface area contributed by atoms with Gasteiger partial charge in [0, 0.05) is 16.9 Å². The molecule has 15 heavy (non-hydrogen) atoms. The minimum atomic E-state index is -0.0850. The van der Waals surface area contributed by atoms with Crippen molar-refractivity contribution >= 4 is 15.9 Å². The minimum absolute atomic E-state index is 0.0272. The maximum absolute atomic E-state index is 11.4. The van der Waals surface area contributed by atoms with Crippen LogP contribution in [0.3, 0.4) is 0 Å². The van der Waals surface area contributed by atoms with Crippen LogP contribution in [0.15, 0.2) is 45.9 Å². The Balaban J connectivity index is 2.45. The second kappa shape index (κ2) is 4.06. The second-order valence-corrected chi connectivity index (χ2v) is 4.22. The topological polar surface area (TPSA) is 37.8 Å². The number of nitrogens with zero attached hydrogens (tertiary/aromatic N) is 1. The maximum Gasteiger partial charge on any atom is 0.326 e. The van der Waals surface area contributed by atoms with Crippen LogP contribution in [-0.4, -0.2) is 9.55 Å². The van der Waals surface area contributed by atoms with Crippen molar-refractivity contribution in [3.8, 4) is 0 Å². The van der Waals surface area contributed by atoms with Gasteiger partial charge in [-0.2, -0.15) is 0 Å². The third-order valence-corrected chi connectivity index (χ3v) is 3.17. The number of hydrogen-bond donors (Lipinski definition) is 1. The van der Waals surface area contributed by atoms with E-state index in [0.29, 0.717) is 0 Å². The molecular weight excluding hydrogens is 256 g/mol. The Labute approximate surface area is 95.9 Å². The fraction of sp³-hybridized carbons (Fsp3) is 0.182. The van der Waals surface area contributed by atoms with Gasteiger partial charge in [-0.15, -0.1) is 0 Å². The first kappa shape index (κ1) is 10.2. The molecule has 0 bridgehead atoms. The Morgan fingerprint density at radius 1 is 1.40 bits per heavy atom. The van der Waals surface area contributed by atoms with E-state index in [0.717, 1.165) is 10.0 Å². The molecule has 2 aromatic rings. The van der Waals surface area contributed by atoms with E-state index in [1.54, 1.807) is 17.0 Å². The van der Waals surface area contributed by atoms with Gasteiger partial charge in [0.15, 0.2) is 0 Å². The average Bonchev–Trinajstić information content (AvgIpc) is 2.64. The van der Waals surface area contributed by atoms with Crippen LogP contribution >= 0.6 is 15.9 Å². The minimum Gasteiger partial charge on any atom is -0.313 e. The van der Waals surface area contributed by atoms with Gasteiger partial charge < -0.3 is 4.98 Å². The Morgan fingerprint density at radius 3 is 2.73 bits per heavy atom. The molecule has 1 N–H and O–H groups in total. The molecule has 0 saturated carbocycles. The average molecular weight is 267 g/mol. The first-order chi connectivity index (χ1) is 7.20. The lowest BCUT2D eigenvalue weighted by Gasteiger charge is -2.14. The standard InChI is InChI=1S/C11H11BrN2O/c1-8(14-7-6-13-11(14)15)9-4-2-3-5-10(9)12/h2-8H,1H3,(H,13,15)/t8-/m1/s1. The molecule has 0 aliphatic rings. The molecule has 0 aliphatic carbocycles. The molecule has 1 heterocycles. The van der Waals surface area contributed by atoms with Crippen LogP contribution in [0.5, 0.6) is 0 Å². The van der Waals surface area contributed by atoms with Gasteiger partial charge in [-0.05, 0) is 18.6 Å². The summed E-state index contributed by atoms with van der Waals surface area (Å²) in [5, 5.41) is 0. The summed E-state index contributed by atoms with van der Waals surface area (Å²) >= 11 is 3.48. The quantitative estimate of drug-likeness (QED) is 0.892. The number of nitrogens with one attached hydrogen (secondary N) is 1. The summed E-state index contributed by atoms with van der Waals surface area (Å²) in [7, 11) is 0. The number of aromatic amines is 1. The largest absolute Gasteiger partial charge is 0.326 e. The molecule has 0 amide bonds. The van der Waals surface area contributed by atoms with Crippen LogP contribution in [0.25, 0.3) is 0 Å². The van der Waals surface area contributed by atoms with Gasteiger partial charge in [-0.25, -0.2) is 4.79 Å². The smallest absolute Gasteiger partial charge is 0.313 e. The zero-order valence-electron chi connectivity index (χ0n) is 8.27. The van der Waals surface area contributed by atoms with E-state index in [1.807, 2.05) is 31.2 Å². The number of H-pyrrole nitrogens is 1. The Kier molecular flexibility index (Phi) is 2.77. The first-order valence-electron chi connectivity index (χ1n) is 4.70. The summed E-state index contributed by atoms with van der Waals surface area (Å²) in [6, 6.07) is 7.94. The Bertz CT molecular complexity index is 515. The highest BCUT2D eigenvalue weighted by Crippen LogP contribution is 2.24. The van der Waals surface area contributed by atoms with Crippen molar-refractivity contribution in [1.29, 1.82) is 0 Å². The summed E-state index contributed by atoms with van der Waals surface area (Å²) in [4.78, 5) is 14.1. The van der Waals surface area contributed by atoms with Crippen molar-refractivity contribution in [2.75, 3.05) is 0 Å². The first-order valence-corrected chi connectivity index (χ1v) is 5.49. The van der Waals surface area contributed by atoms with Crippen molar-refractivity contribution in [3.63, 3.8) is 0 Å². The van der Waals surface area contributed by atoms with Gasteiger partial charge in [-0.3, -0.25) is 4.57 Å². The number of hydrogen-bond acceptors (Lipinski definition) is 1. The lowest BCUT2D eigenvalue weighted by molar-refractivity contribution is 0.614. The van der Waals surface area contributed by atoms with Crippen molar-refractivity contribution < 1.29 is 0 Å². The molecule has 0 spiro atoms. The van der Waals surface area contributed by atoms with E-state index in [4.69, 9.17) is 0 Å². The molecule has 0 aliphatic heterocycles. The zero-order chi connectivity index (χ0) is 10.8. The van der Waals surface area contributed by atoms with E-state index in [-0.39, 0.29) is 11.7 Å². The summed E-state index contributed by atoms with van der Waals surface area (Å²) in [5.74, 6) is 0. The van der Waals surface area contributed by atoms with Gasteiger partial charge in [0.05, 0.1) is 6.04 Å². The molecule has 3 nitrogen and oxygen atoms in total. The predicted molar refractivity (Wildman–Crippen MR) is 63.0 cm³/mol. The number of aromatic nitrogens is 2. The van der Waals surface area contributed by atoms with Crippen LogP contribution in [0.1, 0.15) is 18.5 Å². The van der Waals surface area contributed by atoms with Gasteiger partial charge in [0.2, 0.25) is 0 Å². The lowest BCUT2D eigenvalue weighted by atomic mass is 10.1. The van der Waals surface area contributed by atoms with Crippen molar-refractivity contribution in [2.24, 2.45) is 0 Å². The van der Waals surface area contributed by atoms with Crippen LogP contribution in [-0.2, 0) is 0 Å². The van der Waals surface area contributed by atoms with Crippen molar-refractivity contribution in [2.45, 2.75) is 13.0 Å². The van der Waals surface area contributed by atoms with E-state index in [1.165, 1.54) is 0 Å². The second-order valence-electron chi connectivity index (χ2n) is 3.37. The molecule has 0 radical (unpaired) electrons. The highest BCUT2D eigenvalue weighted by Gasteiger charge is 2.11. The van der Waals surface area contributed by atoms with Gasteiger partial charge in [-0.1, -0.05) is 34.1 Å². The normalized spacial score (nSPS) is 12.7. The number of halogens is 1. The van der Waals surface area contributed by atoms with Gasteiger partial charge in [0.1, 0.15) is 0 Å². The molecule has 0 fully saturated rings. The van der Waals surface area contributed by atoms with Crippen LogP contribution in [0, 0.1) is 0 Å². The molecule has 0 saturated heterocycles. The summed E-state index contributed by atoms with van der Waals surface area (Å²) in [5.41, 5.74) is 1.01. The Hall–Kier alpha value is -1.29. The van der Waals surface area contributed by atoms with Crippen LogP contribution in [0.2, 0.25) is 0 Å². The van der Waals surface area contributed by atoms with E-state index in [9.17, 15) is 4.79 Å². The molecule has 0 unspecified atom stereocenters. The molecule has 1 aromatic carbocycles. The van der Waals surface area contributed by atoms with Gasteiger partial charge >= 0.3 is 5.69 Å². The SMILES string of the molecule is C[C@H](c1ccccc1Br)n1cc[nH]c1=O. The predicted octanol–water partition coefficient (Wildman–Crippen LogP) is 2.55. The summed E-state index contributed by atoms with van der Waals surface area (Å²) in [6.45, 7) is 2.00.